The summed E-state index contributed by atoms with van der Waals surface area (Å²) in [5.41, 5.74) is -1.16. The molecule has 0 aromatic heterocycles. The summed E-state index contributed by atoms with van der Waals surface area (Å²) >= 11 is 0. The van der Waals surface area contributed by atoms with E-state index in [-0.39, 0.29) is 11.6 Å². The minimum Gasteiger partial charge on any atom is -0.349 e. The third kappa shape index (κ3) is 5.82. The summed E-state index contributed by atoms with van der Waals surface area (Å²) in [6.07, 6.45) is 3.14. The highest BCUT2D eigenvalue weighted by molar-refractivity contribution is 5.96. The Morgan fingerprint density at radius 3 is 2.17 bits per heavy atom. The van der Waals surface area contributed by atoms with Crippen molar-refractivity contribution in [1.29, 1.82) is 0 Å². The second-order valence-electron chi connectivity index (χ2n) is 6.31. The maximum atomic E-state index is 12.8. The van der Waals surface area contributed by atoms with Crippen molar-refractivity contribution in [2.45, 2.75) is 57.2 Å². The number of benzene rings is 1. The molecule has 1 aliphatic heterocycles. The first kappa shape index (κ1) is 18.8. The molecule has 1 saturated carbocycles. The van der Waals surface area contributed by atoms with Gasteiger partial charge in [-0.3, -0.25) is 4.79 Å². The molecular formula is C18H25F3N2O. The van der Waals surface area contributed by atoms with Gasteiger partial charge in [0, 0.05) is 6.04 Å². The highest BCUT2D eigenvalue weighted by atomic mass is 19.4. The van der Waals surface area contributed by atoms with Crippen LogP contribution in [0.3, 0.4) is 0 Å². The third-order valence-electron chi connectivity index (χ3n) is 4.37. The van der Waals surface area contributed by atoms with Crippen molar-refractivity contribution in [3.63, 3.8) is 0 Å². The third-order valence-corrected chi connectivity index (χ3v) is 4.37. The Hall–Kier alpha value is -1.56. The van der Waals surface area contributed by atoms with E-state index in [1.807, 2.05) is 0 Å². The zero-order valence-electron chi connectivity index (χ0n) is 13.8. The second-order valence-corrected chi connectivity index (χ2v) is 6.31. The van der Waals surface area contributed by atoms with E-state index in [9.17, 15) is 18.0 Å². The summed E-state index contributed by atoms with van der Waals surface area (Å²) in [6.45, 7) is 2.50. The molecule has 0 bridgehead atoms. The van der Waals surface area contributed by atoms with E-state index in [1.165, 1.54) is 44.1 Å². The van der Waals surface area contributed by atoms with Crippen molar-refractivity contribution in [3.8, 4) is 0 Å². The number of halogens is 3. The summed E-state index contributed by atoms with van der Waals surface area (Å²) in [5.74, 6) is -0.625. The quantitative estimate of drug-likeness (QED) is 0.848. The molecule has 0 radical (unpaired) electrons. The molecule has 1 heterocycles. The largest absolute Gasteiger partial charge is 0.417 e. The van der Waals surface area contributed by atoms with Crippen LogP contribution in [-0.2, 0) is 6.18 Å². The number of rotatable bonds is 2. The van der Waals surface area contributed by atoms with Crippen LogP contribution in [-0.4, -0.2) is 25.0 Å². The topological polar surface area (TPSA) is 41.1 Å². The number of alkyl halides is 3. The average Bonchev–Trinajstić information content (AvgIpc) is 3.15. The SMILES string of the molecule is C1CCNC1.O=C(NC1CCCCC1)c1ccccc1C(F)(F)F. The van der Waals surface area contributed by atoms with Crippen LogP contribution in [0.2, 0.25) is 0 Å². The fraction of sp³-hybridized carbons (Fsp3) is 0.611. The summed E-state index contributed by atoms with van der Waals surface area (Å²) in [4.78, 5) is 12.0. The van der Waals surface area contributed by atoms with Crippen LogP contribution in [0, 0.1) is 0 Å². The van der Waals surface area contributed by atoms with Crippen molar-refractivity contribution in [2.75, 3.05) is 13.1 Å². The molecule has 24 heavy (non-hydrogen) atoms. The van der Waals surface area contributed by atoms with E-state index in [2.05, 4.69) is 10.6 Å². The van der Waals surface area contributed by atoms with E-state index >= 15 is 0 Å². The maximum Gasteiger partial charge on any atom is 0.417 e. The molecule has 0 spiro atoms. The van der Waals surface area contributed by atoms with Gasteiger partial charge in [-0.25, -0.2) is 0 Å². The van der Waals surface area contributed by atoms with Crippen LogP contribution >= 0.6 is 0 Å². The van der Waals surface area contributed by atoms with E-state index in [1.54, 1.807) is 0 Å². The Morgan fingerprint density at radius 1 is 1.00 bits per heavy atom. The molecule has 0 atom stereocenters. The number of amides is 1. The Labute approximate surface area is 141 Å². The van der Waals surface area contributed by atoms with E-state index in [4.69, 9.17) is 0 Å². The van der Waals surface area contributed by atoms with Crippen molar-refractivity contribution < 1.29 is 18.0 Å². The van der Waals surface area contributed by atoms with Crippen LogP contribution in [0.15, 0.2) is 24.3 Å². The minimum absolute atomic E-state index is 0.00235. The van der Waals surface area contributed by atoms with Crippen LogP contribution in [0.1, 0.15) is 60.9 Å². The van der Waals surface area contributed by atoms with Gasteiger partial charge in [0.05, 0.1) is 11.1 Å². The van der Waals surface area contributed by atoms with Gasteiger partial charge < -0.3 is 10.6 Å². The predicted molar refractivity (Wildman–Crippen MR) is 87.9 cm³/mol. The van der Waals surface area contributed by atoms with Gasteiger partial charge in [-0.15, -0.1) is 0 Å². The van der Waals surface area contributed by atoms with E-state index < -0.39 is 17.6 Å². The summed E-state index contributed by atoms with van der Waals surface area (Å²) < 4.78 is 38.4. The van der Waals surface area contributed by atoms with Gasteiger partial charge in [0.1, 0.15) is 0 Å². The molecule has 3 rings (SSSR count). The fourth-order valence-electron chi connectivity index (χ4n) is 3.06. The van der Waals surface area contributed by atoms with Gasteiger partial charge in [0.25, 0.3) is 5.91 Å². The molecule has 6 heteroatoms. The Balaban J connectivity index is 0.000000355. The molecule has 134 valence electrons. The standard InChI is InChI=1S/C14H16F3NO.C4H9N/c15-14(16,17)12-9-5-4-8-11(12)13(19)18-10-6-2-1-3-7-10;1-2-4-5-3-1/h4-5,8-10H,1-3,6-7H2,(H,18,19);5H,1-4H2. The average molecular weight is 342 g/mol. The predicted octanol–water partition coefficient (Wildman–Crippen LogP) is 4.14. The maximum absolute atomic E-state index is 12.8. The molecule has 3 nitrogen and oxygen atoms in total. The van der Waals surface area contributed by atoms with Crippen LogP contribution in [0.4, 0.5) is 13.2 Å². The summed E-state index contributed by atoms with van der Waals surface area (Å²) in [7, 11) is 0. The lowest BCUT2D eigenvalue weighted by atomic mass is 9.95. The molecule has 1 aromatic carbocycles. The van der Waals surface area contributed by atoms with Gasteiger partial charge in [0.15, 0.2) is 0 Å². The number of carbonyl (C=O) groups is 1. The molecule has 0 unspecified atom stereocenters. The lowest BCUT2D eigenvalue weighted by Gasteiger charge is -2.23. The lowest BCUT2D eigenvalue weighted by molar-refractivity contribution is -0.137. The summed E-state index contributed by atoms with van der Waals surface area (Å²) in [6, 6.07) is 4.91. The molecule has 1 aromatic rings. The lowest BCUT2D eigenvalue weighted by Crippen LogP contribution is -2.37. The van der Waals surface area contributed by atoms with Crippen molar-refractivity contribution in [3.05, 3.63) is 35.4 Å². The highest BCUT2D eigenvalue weighted by Crippen LogP contribution is 2.32. The molecule has 2 N–H and O–H groups in total. The first-order valence-corrected chi connectivity index (χ1v) is 8.66. The zero-order chi connectivity index (χ0) is 17.4. The van der Waals surface area contributed by atoms with E-state index in [0.717, 1.165) is 38.2 Å². The highest BCUT2D eigenvalue weighted by Gasteiger charge is 2.35. The van der Waals surface area contributed by atoms with Gasteiger partial charge in [0.2, 0.25) is 0 Å². The molecule has 1 amide bonds. The number of hydrogen-bond donors (Lipinski definition) is 2. The first-order valence-electron chi connectivity index (χ1n) is 8.66. The zero-order valence-corrected chi connectivity index (χ0v) is 13.8. The van der Waals surface area contributed by atoms with Crippen molar-refractivity contribution in [2.24, 2.45) is 0 Å². The monoisotopic (exact) mass is 342 g/mol. The van der Waals surface area contributed by atoms with Crippen LogP contribution < -0.4 is 10.6 Å². The molecule has 1 saturated heterocycles. The van der Waals surface area contributed by atoms with Crippen LogP contribution in [0.5, 0.6) is 0 Å². The van der Waals surface area contributed by atoms with Gasteiger partial charge in [-0.2, -0.15) is 13.2 Å². The molecule has 2 aliphatic rings. The molecule has 1 aliphatic carbocycles. The van der Waals surface area contributed by atoms with Crippen LogP contribution in [0.25, 0.3) is 0 Å². The smallest absolute Gasteiger partial charge is 0.349 e. The molecule has 2 fully saturated rings. The van der Waals surface area contributed by atoms with Gasteiger partial charge in [-0.1, -0.05) is 31.4 Å². The Morgan fingerprint density at radius 2 is 1.62 bits per heavy atom. The number of hydrogen-bond acceptors (Lipinski definition) is 2. The minimum atomic E-state index is -4.50. The first-order chi connectivity index (χ1) is 11.5. The van der Waals surface area contributed by atoms with Gasteiger partial charge in [-0.05, 0) is 50.9 Å². The summed E-state index contributed by atoms with van der Waals surface area (Å²) in [5, 5.41) is 5.93. The van der Waals surface area contributed by atoms with E-state index in [0.29, 0.717) is 0 Å². The van der Waals surface area contributed by atoms with Crippen molar-refractivity contribution >= 4 is 5.91 Å². The second kappa shape index (κ2) is 9.06. The normalized spacial score (nSPS) is 18.6. The number of carbonyl (C=O) groups excluding carboxylic acids is 1. The van der Waals surface area contributed by atoms with Crippen molar-refractivity contribution in [1.82, 2.24) is 10.6 Å². The number of nitrogens with one attached hydrogen (secondary N) is 2. The Bertz CT molecular complexity index is 514. The fourth-order valence-corrected chi connectivity index (χ4v) is 3.06. The Kier molecular flexibility index (Phi) is 7.09. The molecular weight excluding hydrogens is 317 g/mol. The van der Waals surface area contributed by atoms with Gasteiger partial charge >= 0.3 is 6.18 Å².